The molecule has 1 saturated heterocycles. The summed E-state index contributed by atoms with van der Waals surface area (Å²) in [6.07, 6.45) is 8.09. The van der Waals surface area contributed by atoms with Gasteiger partial charge in [0.15, 0.2) is 6.54 Å². The maximum absolute atomic E-state index is 12.8. The highest BCUT2D eigenvalue weighted by Gasteiger charge is 2.51. The molecule has 4 heteroatoms. The van der Waals surface area contributed by atoms with Gasteiger partial charge in [0.05, 0.1) is 0 Å². The van der Waals surface area contributed by atoms with Crippen LogP contribution in [0.25, 0.3) is 0 Å². The van der Waals surface area contributed by atoms with Crippen LogP contribution in [-0.2, 0) is 11.3 Å². The fourth-order valence-electron chi connectivity index (χ4n) is 7.03. The second-order valence-electron chi connectivity index (χ2n) is 10.1. The molecule has 0 atom stereocenters. The first kappa shape index (κ1) is 17.7. The van der Waals surface area contributed by atoms with Crippen molar-refractivity contribution in [3.05, 3.63) is 35.9 Å². The highest BCUT2D eigenvalue weighted by atomic mass is 16.2. The highest BCUT2D eigenvalue weighted by Crippen LogP contribution is 2.55. The lowest BCUT2D eigenvalue weighted by Gasteiger charge is -2.56. The van der Waals surface area contributed by atoms with Gasteiger partial charge in [-0.15, -0.1) is 0 Å². The molecule has 1 amide bonds. The number of hydrogen-bond acceptors (Lipinski definition) is 1. The summed E-state index contributed by atoms with van der Waals surface area (Å²) in [6.45, 7) is 6.39. The molecule has 0 spiro atoms. The minimum absolute atomic E-state index is 0.172. The fourth-order valence-corrected chi connectivity index (χ4v) is 7.03. The molecule has 0 unspecified atom stereocenters. The van der Waals surface area contributed by atoms with Crippen molar-refractivity contribution in [3.8, 4) is 0 Å². The van der Waals surface area contributed by atoms with Crippen LogP contribution in [0.15, 0.2) is 30.3 Å². The maximum atomic E-state index is 12.8. The predicted molar refractivity (Wildman–Crippen MR) is 105 cm³/mol. The molecule has 1 aliphatic heterocycles. The first-order valence-corrected chi connectivity index (χ1v) is 11.2. The van der Waals surface area contributed by atoms with E-state index in [9.17, 15) is 4.79 Å². The van der Waals surface area contributed by atoms with Crippen molar-refractivity contribution in [2.75, 3.05) is 32.7 Å². The second-order valence-corrected chi connectivity index (χ2v) is 10.1. The summed E-state index contributed by atoms with van der Waals surface area (Å²) in [5.74, 6) is 3.01. The number of rotatable bonds is 5. The zero-order valence-corrected chi connectivity index (χ0v) is 16.5. The standard InChI is InChI=1S/C23H33N3O/c27-22(24-23-13-19-10-20(14-23)12-21(11-19)15-23)17-26-8-6-25(7-9-26)16-18-4-2-1-3-5-18/h1-5,19-21H,6-17H2,(H,24,27)/p+2. The third-order valence-electron chi connectivity index (χ3n) is 7.81. The zero-order valence-electron chi connectivity index (χ0n) is 16.5. The van der Waals surface area contributed by atoms with Crippen LogP contribution in [0.5, 0.6) is 0 Å². The van der Waals surface area contributed by atoms with Crippen molar-refractivity contribution in [2.24, 2.45) is 17.8 Å². The van der Waals surface area contributed by atoms with Crippen molar-refractivity contribution in [3.63, 3.8) is 0 Å². The number of amides is 1. The summed E-state index contributed by atoms with van der Waals surface area (Å²) in [5, 5.41) is 3.56. The highest BCUT2D eigenvalue weighted by molar-refractivity contribution is 5.77. The number of benzene rings is 1. The summed E-state index contributed by atoms with van der Waals surface area (Å²) >= 11 is 0. The molecular weight excluding hydrogens is 334 g/mol. The molecule has 5 aliphatic rings. The van der Waals surface area contributed by atoms with Crippen LogP contribution in [0.3, 0.4) is 0 Å². The molecule has 4 saturated carbocycles. The van der Waals surface area contributed by atoms with Crippen LogP contribution in [-0.4, -0.2) is 44.2 Å². The third-order valence-corrected chi connectivity index (χ3v) is 7.81. The van der Waals surface area contributed by atoms with E-state index in [0.717, 1.165) is 37.4 Å². The molecule has 3 N–H and O–H groups in total. The molecule has 4 nitrogen and oxygen atoms in total. The lowest BCUT2D eigenvalue weighted by Crippen LogP contribution is -3.28. The SMILES string of the molecule is O=C(C[NH+]1CC[NH+](Cc2ccccc2)CC1)NC12CC3CC(CC(C3)C1)C2. The Morgan fingerprint density at radius 2 is 1.44 bits per heavy atom. The van der Waals surface area contributed by atoms with Crippen LogP contribution < -0.4 is 15.1 Å². The smallest absolute Gasteiger partial charge is 0.275 e. The van der Waals surface area contributed by atoms with Gasteiger partial charge in [0, 0.05) is 11.1 Å². The number of carbonyl (C=O) groups is 1. The fraction of sp³-hybridized carbons (Fsp3) is 0.696. The number of piperazine rings is 1. The first-order chi connectivity index (χ1) is 13.2. The van der Waals surface area contributed by atoms with Crippen molar-refractivity contribution < 1.29 is 14.6 Å². The molecular formula is C23H35N3O+2. The zero-order chi connectivity index (χ0) is 18.3. The monoisotopic (exact) mass is 369 g/mol. The maximum Gasteiger partial charge on any atom is 0.275 e. The molecule has 6 rings (SSSR count). The predicted octanol–water partition coefficient (Wildman–Crippen LogP) is 0.0550. The molecule has 146 valence electrons. The first-order valence-electron chi connectivity index (χ1n) is 11.2. The molecule has 0 radical (unpaired) electrons. The van der Waals surface area contributed by atoms with Gasteiger partial charge in [0.2, 0.25) is 0 Å². The van der Waals surface area contributed by atoms with E-state index in [1.165, 1.54) is 62.1 Å². The van der Waals surface area contributed by atoms with Crippen molar-refractivity contribution in [2.45, 2.75) is 50.6 Å². The Bertz CT molecular complexity index is 630. The van der Waals surface area contributed by atoms with E-state index in [-0.39, 0.29) is 5.54 Å². The number of nitrogens with one attached hydrogen (secondary N) is 3. The van der Waals surface area contributed by atoms with Crippen LogP contribution >= 0.6 is 0 Å². The quantitative estimate of drug-likeness (QED) is 0.675. The summed E-state index contributed by atoms with van der Waals surface area (Å²) in [5.41, 5.74) is 1.60. The van der Waals surface area contributed by atoms with Gasteiger partial charge in [-0.3, -0.25) is 4.79 Å². The Kier molecular flexibility index (Phi) is 4.73. The summed E-state index contributed by atoms with van der Waals surface area (Å²) in [6, 6.07) is 10.8. The molecule has 1 heterocycles. The van der Waals surface area contributed by atoms with E-state index >= 15 is 0 Å². The van der Waals surface area contributed by atoms with Crippen molar-refractivity contribution >= 4 is 5.91 Å². The molecule has 4 bridgehead atoms. The van der Waals surface area contributed by atoms with Gasteiger partial charge >= 0.3 is 0 Å². The van der Waals surface area contributed by atoms with Gasteiger partial charge in [-0.1, -0.05) is 30.3 Å². The molecule has 5 fully saturated rings. The van der Waals surface area contributed by atoms with E-state index in [1.807, 2.05) is 0 Å². The van der Waals surface area contributed by atoms with Crippen LogP contribution in [0, 0.1) is 17.8 Å². The Balaban J connectivity index is 1.10. The van der Waals surface area contributed by atoms with Crippen molar-refractivity contribution in [1.29, 1.82) is 0 Å². The van der Waals surface area contributed by atoms with Gasteiger partial charge < -0.3 is 15.1 Å². The molecule has 27 heavy (non-hydrogen) atoms. The van der Waals surface area contributed by atoms with E-state index in [0.29, 0.717) is 12.5 Å². The molecule has 4 aliphatic carbocycles. The number of hydrogen-bond donors (Lipinski definition) is 3. The molecule has 0 aromatic heterocycles. The lowest BCUT2D eigenvalue weighted by molar-refractivity contribution is -1.02. The van der Waals surface area contributed by atoms with Crippen molar-refractivity contribution in [1.82, 2.24) is 5.32 Å². The minimum atomic E-state index is 0.172. The van der Waals surface area contributed by atoms with Crippen LogP contribution in [0.1, 0.15) is 44.1 Å². The summed E-state index contributed by atoms with van der Waals surface area (Å²) < 4.78 is 0. The van der Waals surface area contributed by atoms with Gasteiger partial charge in [-0.2, -0.15) is 0 Å². The Morgan fingerprint density at radius 3 is 2.04 bits per heavy atom. The Labute approximate surface area is 163 Å². The van der Waals surface area contributed by atoms with Gasteiger partial charge in [-0.25, -0.2) is 0 Å². The largest absolute Gasteiger partial charge is 0.346 e. The Morgan fingerprint density at radius 1 is 0.889 bits per heavy atom. The number of quaternary nitrogens is 2. The topological polar surface area (TPSA) is 38.0 Å². The third kappa shape index (κ3) is 3.93. The number of carbonyl (C=O) groups excluding carboxylic acids is 1. The minimum Gasteiger partial charge on any atom is -0.346 e. The Hall–Kier alpha value is -1.39. The van der Waals surface area contributed by atoms with Gasteiger partial charge in [-0.05, 0) is 56.3 Å². The summed E-state index contributed by atoms with van der Waals surface area (Å²) in [7, 11) is 0. The van der Waals surface area contributed by atoms with Crippen LogP contribution in [0.2, 0.25) is 0 Å². The summed E-state index contributed by atoms with van der Waals surface area (Å²) in [4.78, 5) is 16.0. The average molecular weight is 370 g/mol. The van der Waals surface area contributed by atoms with Crippen LogP contribution in [0.4, 0.5) is 0 Å². The van der Waals surface area contributed by atoms with E-state index in [1.54, 1.807) is 4.90 Å². The van der Waals surface area contributed by atoms with E-state index in [4.69, 9.17) is 0 Å². The second kappa shape index (κ2) is 7.21. The van der Waals surface area contributed by atoms with E-state index in [2.05, 4.69) is 35.6 Å². The molecule has 1 aromatic carbocycles. The van der Waals surface area contributed by atoms with Gasteiger partial charge in [0.1, 0.15) is 32.7 Å². The van der Waals surface area contributed by atoms with Gasteiger partial charge in [0.25, 0.3) is 5.91 Å². The lowest BCUT2D eigenvalue weighted by atomic mass is 9.53. The molecule has 1 aromatic rings. The average Bonchev–Trinajstić information content (AvgIpc) is 2.62. The normalized spacial score (nSPS) is 40.1. The van der Waals surface area contributed by atoms with E-state index < -0.39 is 0 Å².